The van der Waals surface area contributed by atoms with E-state index in [1.165, 1.54) is 12.8 Å². The van der Waals surface area contributed by atoms with Crippen molar-refractivity contribution in [2.45, 2.75) is 45.6 Å². The minimum atomic E-state index is 0.0313. The molecule has 1 aromatic carbocycles. The van der Waals surface area contributed by atoms with Crippen molar-refractivity contribution in [2.75, 3.05) is 13.2 Å². The number of carbonyl (C=O) groups excluding carboxylic acids is 1. The Morgan fingerprint density at radius 2 is 1.80 bits per heavy atom. The summed E-state index contributed by atoms with van der Waals surface area (Å²) in [7, 11) is 0. The normalized spacial score (nSPS) is 16.9. The number of hydrogen-bond donors (Lipinski definition) is 1. The Hall–Kier alpha value is -2.43. The van der Waals surface area contributed by atoms with E-state index in [-0.39, 0.29) is 5.91 Å². The molecule has 1 N–H and O–H groups in total. The number of nitrogens with zero attached hydrogens (tertiary/aromatic N) is 1. The van der Waals surface area contributed by atoms with Crippen molar-refractivity contribution in [3.63, 3.8) is 0 Å². The van der Waals surface area contributed by atoms with Crippen LogP contribution in [0.25, 0.3) is 5.69 Å². The predicted octanol–water partition coefficient (Wildman–Crippen LogP) is 3.54. The van der Waals surface area contributed by atoms with Crippen LogP contribution < -0.4 is 14.8 Å². The van der Waals surface area contributed by atoms with Gasteiger partial charge in [0, 0.05) is 29.2 Å². The lowest BCUT2D eigenvalue weighted by Gasteiger charge is -2.20. The summed E-state index contributed by atoms with van der Waals surface area (Å²) in [6, 6.07) is 8.21. The summed E-state index contributed by atoms with van der Waals surface area (Å²) >= 11 is 0. The van der Waals surface area contributed by atoms with E-state index in [1.54, 1.807) is 0 Å². The van der Waals surface area contributed by atoms with Gasteiger partial charge in [0.1, 0.15) is 13.2 Å². The average molecular weight is 340 g/mol. The van der Waals surface area contributed by atoms with E-state index in [2.05, 4.69) is 9.88 Å². The number of nitrogens with one attached hydrogen (secondary N) is 1. The molecule has 1 saturated carbocycles. The summed E-state index contributed by atoms with van der Waals surface area (Å²) in [5, 5.41) is 3.18. The van der Waals surface area contributed by atoms with E-state index in [0.29, 0.717) is 19.3 Å². The Morgan fingerprint density at radius 3 is 2.56 bits per heavy atom. The number of amides is 1. The highest BCUT2D eigenvalue weighted by molar-refractivity contribution is 5.96. The molecule has 0 bridgehead atoms. The molecule has 1 aromatic heterocycles. The van der Waals surface area contributed by atoms with E-state index in [9.17, 15) is 4.79 Å². The fourth-order valence-corrected chi connectivity index (χ4v) is 3.89. The van der Waals surface area contributed by atoms with Gasteiger partial charge in [0.25, 0.3) is 5.91 Å². The topological polar surface area (TPSA) is 52.5 Å². The first-order valence-corrected chi connectivity index (χ1v) is 9.03. The molecule has 1 aliphatic heterocycles. The van der Waals surface area contributed by atoms with Crippen LogP contribution in [-0.2, 0) is 0 Å². The van der Waals surface area contributed by atoms with Crippen LogP contribution in [0, 0.1) is 13.8 Å². The van der Waals surface area contributed by atoms with Gasteiger partial charge in [-0.25, -0.2) is 0 Å². The third kappa shape index (κ3) is 2.99. The molecule has 1 aliphatic carbocycles. The lowest BCUT2D eigenvalue weighted by Crippen LogP contribution is -2.32. The van der Waals surface area contributed by atoms with Crippen LogP contribution in [0.5, 0.6) is 11.5 Å². The number of rotatable bonds is 3. The smallest absolute Gasteiger partial charge is 0.253 e. The molecule has 0 unspecified atom stereocenters. The standard InChI is InChI=1S/C20H24N2O3/c1-13-11-17(20(23)21-15-5-3-4-6-15)14(2)22(13)16-7-8-18-19(12-16)25-10-9-24-18/h7-8,11-12,15H,3-6,9-10H2,1-2H3,(H,21,23). The molecule has 5 nitrogen and oxygen atoms in total. The first-order valence-electron chi connectivity index (χ1n) is 9.03. The number of ether oxygens (including phenoxy) is 2. The zero-order chi connectivity index (χ0) is 17.4. The highest BCUT2D eigenvalue weighted by atomic mass is 16.6. The SMILES string of the molecule is Cc1cc(C(=O)NC2CCCC2)c(C)n1-c1ccc2c(c1)OCCO2. The molecular weight excluding hydrogens is 316 g/mol. The van der Waals surface area contributed by atoms with Gasteiger partial charge in [0.15, 0.2) is 11.5 Å². The monoisotopic (exact) mass is 340 g/mol. The van der Waals surface area contributed by atoms with Crippen LogP contribution in [0.15, 0.2) is 24.3 Å². The predicted molar refractivity (Wildman–Crippen MR) is 96.0 cm³/mol. The van der Waals surface area contributed by atoms with Crippen molar-refractivity contribution in [2.24, 2.45) is 0 Å². The third-order valence-corrected chi connectivity index (χ3v) is 5.15. The number of fused-ring (bicyclic) bond motifs is 1. The number of carbonyl (C=O) groups is 1. The molecule has 0 spiro atoms. The van der Waals surface area contributed by atoms with Gasteiger partial charge in [-0.15, -0.1) is 0 Å². The molecule has 4 rings (SSSR count). The first-order chi connectivity index (χ1) is 12.1. The Labute approximate surface area is 147 Å². The maximum Gasteiger partial charge on any atom is 0.253 e. The van der Waals surface area contributed by atoms with E-state index in [1.807, 2.05) is 38.1 Å². The van der Waals surface area contributed by atoms with Crippen molar-refractivity contribution < 1.29 is 14.3 Å². The summed E-state index contributed by atoms with van der Waals surface area (Å²) in [5.74, 6) is 1.56. The van der Waals surface area contributed by atoms with Gasteiger partial charge < -0.3 is 19.4 Å². The minimum Gasteiger partial charge on any atom is -0.486 e. The summed E-state index contributed by atoms with van der Waals surface area (Å²) in [5.41, 5.74) is 3.72. The lowest BCUT2D eigenvalue weighted by molar-refractivity contribution is 0.0937. The minimum absolute atomic E-state index is 0.0313. The van der Waals surface area contributed by atoms with Gasteiger partial charge in [0.2, 0.25) is 0 Å². The number of benzene rings is 1. The maximum atomic E-state index is 12.7. The van der Waals surface area contributed by atoms with Gasteiger partial charge >= 0.3 is 0 Å². The van der Waals surface area contributed by atoms with Crippen LogP contribution in [0.1, 0.15) is 47.4 Å². The van der Waals surface area contributed by atoms with Gasteiger partial charge in [-0.3, -0.25) is 4.79 Å². The molecule has 1 amide bonds. The second-order valence-electron chi connectivity index (χ2n) is 6.90. The van der Waals surface area contributed by atoms with Gasteiger partial charge in [-0.05, 0) is 44.9 Å². The molecule has 0 atom stereocenters. The molecular formula is C20H24N2O3. The van der Waals surface area contributed by atoms with Crippen molar-refractivity contribution in [3.05, 3.63) is 41.2 Å². The molecule has 0 radical (unpaired) electrons. The van der Waals surface area contributed by atoms with Crippen LogP contribution in [0.3, 0.4) is 0 Å². The van der Waals surface area contributed by atoms with E-state index in [4.69, 9.17) is 9.47 Å². The summed E-state index contributed by atoms with van der Waals surface area (Å²) < 4.78 is 13.4. The largest absolute Gasteiger partial charge is 0.486 e. The average Bonchev–Trinajstić information content (AvgIpc) is 3.22. The zero-order valence-electron chi connectivity index (χ0n) is 14.8. The fraction of sp³-hybridized carbons (Fsp3) is 0.450. The Kier molecular flexibility index (Phi) is 4.15. The maximum absolute atomic E-state index is 12.7. The van der Waals surface area contributed by atoms with Crippen LogP contribution in [0.2, 0.25) is 0 Å². The molecule has 0 saturated heterocycles. The molecule has 5 heteroatoms. The molecule has 2 aromatic rings. The summed E-state index contributed by atoms with van der Waals surface area (Å²) in [6.45, 7) is 5.16. The van der Waals surface area contributed by atoms with Crippen molar-refractivity contribution in [3.8, 4) is 17.2 Å². The molecule has 2 heterocycles. The molecule has 2 aliphatic rings. The lowest BCUT2D eigenvalue weighted by atomic mass is 10.2. The second kappa shape index (κ2) is 6.47. The molecule has 132 valence electrons. The molecule has 25 heavy (non-hydrogen) atoms. The van der Waals surface area contributed by atoms with Crippen LogP contribution in [0.4, 0.5) is 0 Å². The third-order valence-electron chi connectivity index (χ3n) is 5.15. The van der Waals surface area contributed by atoms with Gasteiger partial charge in [-0.1, -0.05) is 12.8 Å². The quantitative estimate of drug-likeness (QED) is 0.930. The summed E-state index contributed by atoms with van der Waals surface area (Å²) in [4.78, 5) is 12.7. The van der Waals surface area contributed by atoms with Crippen molar-refractivity contribution in [1.29, 1.82) is 0 Å². The first kappa shape index (κ1) is 16.1. The van der Waals surface area contributed by atoms with E-state index >= 15 is 0 Å². The van der Waals surface area contributed by atoms with Crippen molar-refractivity contribution >= 4 is 5.91 Å². The van der Waals surface area contributed by atoms with E-state index in [0.717, 1.165) is 47.0 Å². The Morgan fingerprint density at radius 1 is 1.08 bits per heavy atom. The van der Waals surface area contributed by atoms with E-state index < -0.39 is 0 Å². The number of hydrogen-bond acceptors (Lipinski definition) is 3. The van der Waals surface area contributed by atoms with Crippen LogP contribution >= 0.6 is 0 Å². The van der Waals surface area contributed by atoms with Gasteiger partial charge in [0.05, 0.1) is 5.56 Å². The Bertz CT molecular complexity index is 804. The summed E-state index contributed by atoms with van der Waals surface area (Å²) in [6.07, 6.45) is 4.60. The highest BCUT2D eigenvalue weighted by Crippen LogP contribution is 2.33. The highest BCUT2D eigenvalue weighted by Gasteiger charge is 2.22. The number of aromatic nitrogens is 1. The van der Waals surface area contributed by atoms with Crippen LogP contribution in [-0.4, -0.2) is 29.7 Å². The molecule has 1 fully saturated rings. The number of aryl methyl sites for hydroxylation is 1. The van der Waals surface area contributed by atoms with Gasteiger partial charge in [-0.2, -0.15) is 0 Å². The fourth-order valence-electron chi connectivity index (χ4n) is 3.89. The van der Waals surface area contributed by atoms with Crippen molar-refractivity contribution in [1.82, 2.24) is 9.88 Å². The zero-order valence-corrected chi connectivity index (χ0v) is 14.8. The Balaban J connectivity index is 1.64. The second-order valence-corrected chi connectivity index (χ2v) is 6.90.